The molecule has 0 fully saturated rings. The predicted molar refractivity (Wildman–Crippen MR) is 106 cm³/mol. The third-order valence-corrected chi connectivity index (χ3v) is 5.41. The molecule has 0 bridgehead atoms. The highest BCUT2D eigenvalue weighted by atomic mass is 35.5. The van der Waals surface area contributed by atoms with Crippen LogP contribution in [0.25, 0.3) is 5.69 Å². The van der Waals surface area contributed by atoms with Crippen molar-refractivity contribution in [2.75, 3.05) is 7.11 Å². The van der Waals surface area contributed by atoms with Gasteiger partial charge in [-0.15, -0.1) is 0 Å². The molecule has 1 heterocycles. The van der Waals surface area contributed by atoms with E-state index in [9.17, 15) is 4.79 Å². The molecular formula is C22H21ClN2O2. The Labute approximate surface area is 163 Å². The summed E-state index contributed by atoms with van der Waals surface area (Å²) in [5, 5.41) is 5.37. The fourth-order valence-electron chi connectivity index (χ4n) is 3.88. The number of methoxy groups -OCH3 is 1. The van der Waals surface area contributed by atoms with Crippen LogP contribution in [0.3, 0.4) is 0 Å². The molecule has 0 unspecified atom stereocenters. The Bertz CT molecular complexity index is 995. The first kappa shape index (κ1) is 17.8. The van der Waals surface area contributed by atoms with Gasteiger partial charge in [0.1, 0.15) is 11.4 Å². The number of ketones is 1. The van der Waals surface area contributed by atoms with Crippen molar-refractivity contribution >= 4 is 17.4 Å². The van der Waals surface area contributed by atoms with Gasteiger partial charge in [-0.05, 0) is 42.5 Å². The van der Waals surface area contributed by atoms with Crippen LogP contribution in [0.2, 0.25) is 5.02 Å². The molecule has 0 radical (unpaired) electrons. The van der Waals surface area contributed by atoms with Crippen molar-refractivity contribution < 1.29 is 9.53 Å². The lowest BCUT2D eigenvalue weighted by Gasteiger charge is -2.23. The van der Waals surface area contributed by atoms with Gasteiger partial charge in [-0.25, -0.2) is 4.68 Å². The third-order valence-electron chi connectivity index (χ3n) is 5.18. The van der Waals surface area contributed by atoms with E-state index in [0.29, 0.717) is 23.6 Å². The maximum absolute atomic E-state index is 13.0. The van der Waals surface area contributed by atoms with Crippen LogP contribution in [0, 0.1) is 0 Å². The zero-order chi connectivity index (χ0) is 19.0. The number of carbonyl (C=O) groups is 1. The number of carbonyl (C=O) groups excluding carboxylic acids is 1. The lowest BCUT2D eigenvalue weighted by molar-refractivity contribution is 0.0963. The second-order valence-electron chi connectivity index (χ2n) is 6.79. The smallest absolute Gasteiger partial charge is 0.167 e. The Morgan fingerprint density at radius 3 is 2.67 bits per heavy atom. The molecule has 5 heteroatoms. The van der Waals surface area contributed by atoms with E-state index in [1.165, 1.54) is 5.56 Å². The topological polar surface area (TPSA) is 44.1 Å². The Morgan fingerprint density at radius 2 is 1.96 bits per heavy atom. The van der Waals surface area contributed by atoms with Crippen LogP contribution in [-0.4, -0.2) is 22.7 Å². The van der Waals surface area contributed by atoms with Crippen molar-refractivity contribution in [1.82, 2.24) is 9.78 Å². The van der Waals surface area contributed by atoms with Gasteiger partial charge in [-0.2, -0.15) is 5.10 Å². The van der Waals surface area contributed by atoms with E-state index < -0.39 is 0 Å². The summed E-state index contributed by atoms with van der Waals surface area (Å²) in [4.78, 5) is 13.0. The molecule has 4 nitrogen and oxygen atoms in total. The Morgan fingerprint density at radius 1 is 1.19 bits per heavy atom. The Hall–Kier alpha value is -2.59. The van der Waals surface area contributed by atoms with E-state index in [2.05, 4.69) is 12.1 Å². The van der Waals surface area contributed by atoms with Gasteiger partial charge < -0.3 is 4.74 Å². The number of nitrogens with zero attached hydrogens (tertiary/aromatic N) is 2. The first-order chi connectivity index (χ1) is 13.1. The van der Waals surface area contributed by atoms with Gasteiger partial charge in [0.25, 0.3) is 0 Å². The zero-order valence-corrected chi connectivity index (χ0v) is 16.2. The minimum absolute atomic E-state index is 0.150. The molecule has 1 aromatic heterocycles. The van der Waals surface area contributed by atoms with Crippen LogP contribution < -0.4 is 4.74 Å². The standard InChI is InChI=1S/C22H21ClN2O2/c1-3-17-22-19(11-15(12-20(22)26)14-7-5-4-6-8-14)25(24-17)18-13-16(23)9-10-21(18)27-2/h4-10,13,15H,3,11-12H2,1-2H3/t15-/m1/s1. The highest BCUT2D eigenvalue weighted by molar-refractivity contribution is 6.30. The average molecular weight is 381 g/mol. The highest BCUT2D eigenvalue weighted by Crippen LogP contribution is 2.37. The normalized spacial score (nSPS) is 16.3. The summed E-state index contributed by atoms with van der Waals surface area (Å²) in [6.07, 6.45) is 1.98. The summed E-state index contributed by atoms with van der Waals surface area (Å²) >= 11 is 6.24. The summed E-state index contributed by atoms with van der Waals surface area (Å²) in [7, 11) is 1.63. The van der Waals surface area contributed by atoms with Gasteiger partial charge in [0, 0.05) is 11.4 Å². The fraction of sp³-hybridized carbons (Fsp3) is 0.273. The maximum atomic E-state index is 13.0. The van der Waals surface area contributed by atoms with Gasteiger partial charge in [0.05, 0.1) is 24.1 Å². The Balaban J connectivity index is 1.87. The van der Waals surface area contributed by atoms with Crippen LogP contribution in [0.15, 0.2) is 48.5 Å². The molecule has 1 aliphatic carbocycles. The summed E-state index contributed by atoms with van der Waals surface area (Å²) in [5.74, 6) is 0.993. The van der Waals surface area contributed by atoms with Crippen LogP contribution in [0.1, 0.15) is 46.6 Å². The van der Waals surface area contributed by atoms with E-state index in [1.807, 2.05) is 41.9 Å². The van der Waals surface area contributed by atoms with Gasteiger partial charge in [0.2, 0.25) is 0 Å². The zero-order valence-electron chi connectivity index (χ0n) is 15.4. The molecule has 1 atom stereocenters. The van der Waals surface area contributed by atoms with Crippen LogP contribution >= 0.6 is 11.6 Å². The lowest BCUT2D eigenvalue weighted by atomic mass is 9.81. The second kappa shape index (κ2) is 7.20. The monoisotopic (exact) mass is 380 g/mol. The number of halogens is 1. The summed E-state index contributed by atoms with van der Waals surface area (Å²) in [5.41, 5.74) is 4.50. The van der Waals surface area contributed by atoms with Crippen LogP contribution in [-0.2, 0) is 12.8 Å². The van der Waals surface area contributed by atoms with E-state index in [0.717, 1.165) is 29.1 Å². The molecule has 2 aromatic carbocycles. The number of aromatic nitrogens is 2. The quantitative estimate of drug-likeness (QED) is 0.639. The first-order valence-electron chi connectivity index (χ1n) is 9.15. The van der Waals surface area contributed by atoms with Crippen LogP contribution in [0.5, 0.6) is 5.75 Å². The minimum atomic E-state index is 0.150. The number of benzene rings is 2. The molecule has 138 valence electrons. The summed E-state index contributed by atoms with van der Waals surface area (Å²) in [6, 6.07) is 15.7. The van der Waals surface area contributed by atoms with Crippen molar-refractivity contribution in [3.05, 3.63) is 76.1 Å². The highest BCUT2D eigenvalue weighted by Gasteiger charge is 2.33. The number of rotatable bonds is 4. The fourth-order valence-corrected chi connectivity index (χ4v) is 4.05. The van der Waals surface area contributed by atoms with Gasteiger partial charge in [-0.1, -0.05) is 48.9 Å². The molecular weight excluding hydrogens is 360 g/mol. The van der Waals surface area contributed by atoms with E-state index in [1.54, 1.807) is 13.2 Å². The number of Topliss-reactive ketones (excluding diaryl/α,β-unsaturated/α-hetero) is 1. The van der Waals surface area contributed by atoms with Crippen molar-refractivity contribution in [2.45, 2.75) is 32.1 Å². The van der Waals surface area contributed by atoms with Crippen molar-refractivity contribution in [1.29, 1.82) is 0 Å². The predicted octanol–water partition coefficient (Wildman–Crippen LogP) is 5.01. The van der Waals surface area contributed by atoms with Gasteiger partial charge in [0.15, 0.2) is 5.78 Å². The minimum Gasteiger partial charge on any atom is -0.494 e. The maximum Gasteiger partial charge on any atom is 0.167 e. The molecule has 0 N–H and O–H groups in total. The molecule has 0 aliphatic heterocycles. The average Bonchev–Trinajstić information content (AvgIpc) is 3.08. The van der Waals surface area contributed by atoms with Crippen molar-refractivity contribution in [2.24, 2.45) is 0 Å². The van der Waals surface area contributed by atoms with Crippen molar-refractivity contribution in [3.63, 3.8) is 0 Å². The molecule has 0 spiro atoms. The molecule has 1 aliphatic rings. The molecule has 0 amide bonds. The number of hydrogen-bond acceptors (Lipinski definition) is 3. The number of fused-ring (bicyclic) bond motifs is 1. The summed E-state index contributed by atoms with van der Waals surface area (Å²) < 4.78 is 7.38. The van der Waals surface area contributed by atoms with Crippen molar-refractivity contribution in [3.8, 4) is 11.4 Å². The number of aryl methyl sites for hydroxylation is 1. The SMILES string of the molecule is CCc1nn(-c2cc(Cl)ccc2OC)c2c1C(=O)C[C@H](c1ccccc1)C2. The largest absolute Gasteiger partial charge is 0.494 e. The van der Waals surface area contributed by atoms with E-state index >= 15 is 0 Å². The van der Waals surface area contributed by atoms with Gasteiger partial charge >= 0.3 is 0 Å². The number of ether oxygens (including phenoxy) is 1. The van der Waals surface area contributed by atoms with Gasteiger partial charge in [-0.3, -0.25) is 4.79 Å². The lowest BCUT2D eigenvalue weighted by Crippen LogP contribution is -2.21. The second-order valence-corrected chi connectivity index (χ2v) is 7.23. The van der Waals surface area contributed by atoms with E-state index in [-0.39, 0.29) is 11.7 Å². The molecule has 4 rings (SSSR count). The summed E-state index contributed by atoms with van der Waals surface area (Å²) in [6.45, 7) is 2.03. The molecule has 27 heavy (non-hydrogen) atoms. The molecule has 0 saturated carbocycles. The molecule has 3 aromatic rings. The molecule has 0 saturated heterocycles. The first-order valence-corrected chi connectivity index (χ1v) is 9.53. The van der Waals surface area contributed by atoms with Crippen LogP contribution in [0.4, 0.5) is 0 Å². The third kappa shape index (κ3) is 3.15. The Kier molecular flexibility index (Phi) is 4.75. The van der Waals surface area contributed by atoms with E-state index in [4.69, 9.17) is 21.4 Å². The number of hydrogen-bond donors (Lipinski definition) is 0.